The molecule has 0 atom stereocenters. The molecule has 0 saturated carbocycles. The van der Waals surface area contributed by atoms with E-state index in [1.165, 1.54) is 10.5 Å². The number of hydrogen-bond donors (Lipinski definition) is 1. The predicted octanol–water partition coefficient (Wildman–Crippen LogP) is -0.00978. The van der Waals surface area contributed by atoms with Gasteiger partial charge in [-0.25, -0.2) is 8.42 Å². The van der Waals surface area contributed by atoms with Gasteiger partial charge in [0.15, 0.2) is 0 Å². The normalized spacial score (nSPS) is 11.6. The summed E-state index contributed by atoms with van der Waals surface area (Å²) >= 11 is 0. The predicted molar refractivity (Wildman–Crippen MR) is 68.9 cm³/mol. The second kappa shape index (κ2) is 6.34. The van der Waals surface area contributed by atoms with Crippen molar-refractivity contribution < 1.29 is 8.42 Å². The SMILES string of the molecule is CNCCN(C)S(=O)(=O)c1cnn(C)c1C.Cl. The van der Waals surface area contributed by atoms with Gasteiger partial charge in [-0.3, -0.25) is 4.68 Å². The van der Waals surface area contributed by atoms with E-state index in [0.29, 0.717) is 18.8 Å². The maximum Gasteiger partial charge on any atom is 0.246 e. The fourth-order valence-electron chi connectivity index (χ4n) is 1.29. The van der Waals surface area contributed by atoms with E-state index in [4.69, 9.17) is 0 Å². The zero-order chi connectivity index (χ0) is 12.3. The minimum absolute atomic E-state index is 0. The van der Waals surface area contributed by atoms with Crippen LogP contribution in [0.2, 0.25) is 0 Å². The highest BCUT2D eigenvalue weighted by atomic mass is 35.5. The van der Waals surface area contributed by atoms with Crippen molar-refractivity contribution in [1.82, 2.24) is 19.4 Å². The van der Waals surface area contributed by atoms with E-state index in [1.54, 1.807) is 32.7 Å². The van der Waals surface area contributed by atoms with Crippen molar-refractivity contribution >= 4 is 22.4 Å². The van der Waals surface area contributed by atoms with Crippen molar-refractivity contribution in [2.24, 2.45) is 7.05 Å². The second-order valence-corrected chi connectivity index (χ2v) is 5.66. The molecule has 0 aliphatic rings. The molecular formula is C9H19ClN4O2S. The molecule has 0 saturated heterocycles. The number of rotatable bonds is 5. The molecule has 0 spiro atoms. The molecule has 0 aromatic carbocycles. The van der Waals surface area contributed by atoms with E-state index in [0.717, 1.165) is 0 Å². The number of halogens is 1. The van der Waals surface area contributed by atoms with Gasteiger partial charge in [0.1, 0.15) is 4.90 Å². The van der Waals surface area contributed by atoms with Crippen molar-refractivity contribution in [3.05, 3.63) is 11.9 Å². The molecule has 8 heteroatoms. The first-order valence-corrected chi connectivity index (χ1v) is 6.44. The van der Waals surface area contributed by atoms with Gasteiger partial charge in [-0.2, -0.15) is 9.40 Å². The Balaban J connectivity index is 0.00000256. The quantitative estimate of drug-likeness (QED) is 0.825. The van der Waals surface area contributed by atoms with Crippen LogP contribution in [-0.2, 0) is 17.1 Å². The van der Waals surface area contributed by atoms with Crippen molar-refractivity contribution in [2.45, 2.75) is 11.8 Å². The second-order valence-electron chi connectivity index (χ2n) is 3.65. The van der Waals surface area contributed by atoms with Gasteiger partial charge in [-0.05, 0) is 14.0 Å². The summed E-state index contributed by atoms with van der Waals surface area (Å²) in [6.45, 7) is 2.80. The van der Waals surface area contributed by atoms with Gasteiger partial charge in [-0.1, -0.05) is 0 Å². The number of nitrogens with zero attached hydrogens (tertiary/aromatic N) is 3. The molecule has 0 bridgehead atoms. The number of aryl methyl sites for hydroxylation is 1. The maximum atomic E-state index is 12.1. The van der Waals surface area contributed by atoms with Gasteiger partial charge in [0.25, 0.3) is 0 Å². The molecule has 6 nitrogen and oxygen atoms in total. The molecule has 1 rings (SSSR count). The van der Waals surface area contributed by atoms with Crippen LogP contribution in [0.25, 0.3) is 0 Å². The summed E-state index contributed by atoms with van der Waals surface area (Å²) in [5, 5.41) is 6.86. The molecule has 0 aliphatic heterocycles. The molecular weight excluding hydrogens is 264 g/mol. The van der Waals surface area contributed by atoms with Gasteiger partial charge in [0, 0.05) is 27.2 Å². The van der Waals surface area contributed by atoms with Crippen molar-refractivity contribution in [2.75, 3.05) is 27.2 Å². The average molecular weight is 283 g/mol. The number of sulfonamides is 1. The Hall–Kier alpha value is -0.630. The van der Waals surface area contributed by atoms with Gasteiger partial charge < -0.3 is 5.32 Å². The minimum atomic E-state index is -3.41. The Morgan fingerprint density at radius 2 is 2.12 bits per heavy atom. The van der Waals surface area contributed by atoms with Crippen LogP contribution in [0.5, 0.6) is 0 Å². The van der Waals surface area contributed by atoms with Crippen molar-refractivity contribution in [3.8, 4) is 0 Å². The largest absolute Gasteiger partial charge is 0.318 e. The van der Waals surface area contributed by atoms with Crippen LogP contribution in [0.4, 0.5) is 0 Å². The third-order valence-corrected chi connectivity index (χ3v) is 4.51. The molecule has 0 fully saturated rings. The molecule has 1 N–H and O–H groups in total. The third-order valence-electron chi connectivity index (χ3n) is 2.56. The van der Waals surface area contributed by atoms with Gasteiger partial charge >= 0.3 is 0 Å². The Morgan fingerprint density at radius 3 is 2.53 bits per heavy atom. The third kappa shape index (κ3) is 3.41. The van der Waals surface area contributed by atoms with Crippen molar-refractivity contribution in [1.29, 1.82) is 0 Å². The van der Waals surface area contributed by atoms with Crippen LogP contribution < -0.4 is 5.32 Å². The summed E-state index contributed by atoms with van der Waals surface area (Å²) in [5.41, 5.74) is 0.649. The highest BCUT2D eigenvalue weighted by Crippen LogP contribution is 2.17. The molecule has 1 aromatic heterocycles. The summed E-state index contributed by atoms with van der Waals surface area (Å²) in [5.74, 6) is 0. The summed E-state index contributed by atoms with van der Waals surface area (Å²) < 4.78 is 27.1. The lowest BCUT2D eigenvalue weighted by Gasteiger charge is -2.16. The van der Waals surface area contributed by atoms with Gasteiger partial charge in [-0.15, -0.1) is 12.4 Å². The topological polar surface area (TPSA) is 67.2 Å². The Labute approximate surface area is 108 Å². The summed E-state index contributed by atoms with van der Waals surface area (Å²) in [6.07, 6.45) is 1.39. The molecule has 1 aromatic rings. The minimum Gasteiger partial charge on any atom is -0.318 e. The first kappa shape index (κ1) is 16.4. The van der Waals surface area contributed by atoms with Crippen LogP contribution in [0.15, 0.2) is 11.1 Å². The van der Waals surface area contributed by atoms with E-state index in [9.17, 15) is 8.42 Å². The molecule has 100 valence electrons. The molecule has 17 heavy (non-hydrogen) atoms. The molecule has 0 aliphatic carbocycles. The van der Waals surface area contributed by atoms with Crippen molar-refractivity contribution in [3.63, 3.8) is 0 Å². The Morgan fingerprint density at radius 1 is 1.53 bits per heavy atom. The number of aromatic nitrogens is 2. The summed E-state index contributed by atoms with van der Waals surface area (Å²) in [4.78, 5) is 0.272. The van der Waals surface area contributed by atoms with Crippen LogP contribution in [0.3, 0.4) is 0 Å². The first-order valence-electron chi connectivity index (χ1n) is 5.00. The van der Waals surface area contributed by atoms with Crippen LogP contribution in [0, 0.1) is 6.92 Å². The van der Waals surface area contributed by atoms with Gasteiger partial charge in [0.2, 0.25) is 10.0 Å². The smallest absolute Gasteiger partial charge is 0.246 e. The maximum absolute atomic E-state index is 12.1. The number of likely N-dealkylation sites (N-methyl/N-ethyl adjacent to an activating group) is 2. The van der Waals surface area contributed by atoms with E-state index in [-0.39, 0.29) is 17.3 Å². The molecule has 0 amide bonds. The average Bonchev–Trinajstić information content (AvgIpc) is 2.56. The van der Waals surface area contributed by atoms with Crippen LogP contribution in [0.1, 0.15) is 5.69 Å². The molecule has 1 heterocycles. The van der Waals surface area contributed by atoms with E-state index < -0.39 is 10.0 Å². The van der Waals surface area contributed by atoms with Crippen LogP contribution >= 0.6 is 12.4 Å². The highest BCUT2D eigenvalue weighted by Gasteiger charge is 2.24. The Bertz CT molecular complexity index is 458. The lowest BCUT2D eigenvalue weighted by molar-refractivity contribution is 0.465. The fraction of sp³-hybridized carbons (Fsp3) is 0.667. The highest BCUT2D eigenvalue weighted by molar-refractivity contribution is 7.89. The zero-order valence-corrected chi connectivity index (χ0v) is 12.1. The Kier molecular flexibility index (Phi) is 6.11. The molecule has 0 unspecified atom stereocenters. The lowest BCUT2D eigenvalue weighted by Crippen LogP contribution is -2.33. The van der Waals surface area contributed by atoms with E-state index in [1.807, 2.05) is 0 Å². The summed E-state index contributed by atoms with van der Waals surface area (Å²) in [7, 11) is 1.67. The monoisotopic (exact) mass is 282 g/mol. The lowest BCUT2D eigenvalue weighted by atomic mass is 10.5. The zero-order valence-electron chi connectivity index (χ0n) is 10.5. The number of hydrogen-bond acceptors (Lipinski definition) is 4. The molecule has 0 radical (unpaired) electrons. The van der Waals surface area contributed by atoms with E-state index >= 15 is 0 Å². The number of nitrogens with one attached hydrogen (secondary N) is 1. The van der Waals surface area contributed by atoms with Crippen LogP contribution in [-0.4, -0.2) is 49.7 Å². The summed E-state index contributed by atoms with van der Waals surface area (Å²) in [6, 6.07) is 0. The van der Waals surface area contributed by atoms with E-state index in [2.05, 4.69) is 10.4 Å². The fourth-order valence-corrected chi connectivity index (χ4v) is 2.64. The standard InChI is InChI=1S/C9H18N4O2S.ClH/c1-8-9(7-11-13(8)4)16(14,15)12(3)6-5-10-2;/h7,10H,5-6H2,1-4H3;1H. The van der Waals surface area contributed by atoms with Gasteiger partial charge in [0.05, 0.1) is 11.9 Å². The first-order chi connectivity index (χ1) is 7.41.